The van der Waals surface area contributed by atoms with E-state index < -0.39 is 18.5 Å². The van der Waals surface area contributed by atoms with Gasteiger partial charge in [0.25, 0.3) is 6.43 Å². The third-order valence-electron chi connectivity index (χ3n) is 1.70. The first-order valence-corrected chi connectivity index (χ1v) is 4.11. The molecule has 0 bridgehead atoms. The summed E-state index contributed by atoms with van der Waals surface area (Å²) in [5.74, 6) is -0.201. The Balaban J connectivity index is 4.00. The fraction of sp³-hybridized carbons (Fsp3) is 0.875. The van der Waals surface area contributed by atoms with Gasteiger partial charge in [-0.3, -0.25) is 10.1 Å². The van der Waals surface area contributed by atoms with E-state index in [2.05, 4.69) is 5.32 Å². The molecule has 1 N–H and O–H groups in total. The van der Waals surface area contributed by atoms with Crippen molar-refractivity contribution in [2.24, 2.45) is 0 Å². The predicted octanol–water partition coefficient (Wildman–Crippen LogP) is 0.706. The van der Waals surface area contributed by atoms with E-state index >= 15 is 0 Å². The lowest BCUT2D eigenvalue weighted by molar-refractivity contribution is -0.130. The Morgan fingerprint density at radius 2 is 1.77 bits per heavy atom. The summed E-state index contributed by atoms with van der Waals surface area (Å²) in [6.45, 7) is 2.92. The van der Waals surface area contributed by atoms with Crippen LogP contribution in [-0.4, -0.2) is 43.4 Å². The average molecular weight is 194 g/mol. The minimum Gasteiger partial charge on any atom is -0.347 e. The molecule has 0 aliphatic carbocycles. The van der Waals surface area contributed by atoms with E-state index in [1.807, 2.05) is 0 Å². The van der Waals surface area contributed by atoms with Crippen LogP contribution in [0.3, 0.4) is 0 Å². The number of hydrogen-bond acceptors (Lipinski definition) is 2. The molecule has 0 saturated heterocycles. The van der Waals surface area contributed by atoms with Crippen molar-refractivity contribution in [3.63, 3.8) is 0 Å². The number of likely N-dealkylation sites (N-methyl/N-ethyl adjacent to an activating group) is 1. The number of rotatable bonds is 4. The van der Waals surface area contributed by atoms with Crippen molar-refractivity contribution in [3.05, 3.63) is 0 Å². The molecule has 0 fully saturated rings. The lowest BCUT2D eigenvalue weighted by atomic mass is 10.2. The van der Waals surface area contributed by atoms with Crippen LogP contribution in [0.1, 0.15) is 13.8 Å². The van der Waals surface area contributed by atoms with Gasteiger partial charge >= 0.3 is 0 Å². The number of carbonyl (C=O) groups is 1. The molecule has 2 atom stereocenters. The SMILES string of the molecule is CC(NC(C)C(F)F)C(=O)N(C)C. The maximum atomic E-state index is 12.1. The maximum Gasteiger partial charge on any atom is 0.253 e. The summed E-state index contributed by atoms with van der Waals surface area (Å²) in [5, 5.41) is 2.52. The number of amides is 1. The van der Waals surface area contributed by atoms with Gasteiger partial charge in [-0.25, -0.2) is 8.78 Å². The van der Waals surface area contributed by atoms with Gasteiger partial charge in [0, 0.05) is 14.1 Å². The van der Waals surface area contributed by atoms with Crippen LogP contribution < -0.4 is 5.32 Å². The number of carbonyl (C=O) groups excluding carboxylic acids is 1. The van der Waals surface area contributed by atoms with Gasteiger partial charge < -0.3 is 4.90 Å². The van der Waals surface area contributed by atoms with Gasteiger partial charge in [-0.05, 0) is 13.8 Å². The van der Waals surface area contributed by atoms with Crippen LogP contribution >= 0.6 is 0 Å². The maximum absolute atomic E-state index is 12.1. The van der Waals surface area contributed by atoms with Gasteiger partial charge in [-0.1, -0.05) is 0 Å². The van der Waals surface area contributed by atoms with E-state index in [9.17, 15) is 13.6 Å². The lowest BCUT2D eigenvalue weighted by Gasteiger charge is -2.21. The highest BCUT2D eigenvalue weighted by atomic mass is 19.3. The molecule has 0 radical (unpaired) electrons. The zero-order valence-electron chi connectivity index (χ0n) is 8.34. The Morgan fingerprint density at radius 3 is 2.08 bits per heavy atom. The molecule has 78 valence electrons. The van der Waals surface area contributed by atoms with E-state index in [-0.39, 0.29) is 5.91 Å². The zero-order valence-corrected chi connectivity index (χ0v) is 8.34. The highest BCUT2D eigenvalue weighted by molar-refractivity contribution is 5.80. The quantitative estimate of drug-likeness (QED) is 0.714. The van der Waals surface area contributed by atoms with Crippen LogP contribution in [0.25, 0.3) is 0 Å². The zero-order chi connectivity index (χ0) is 10.6. The lowest BCUT2D eigenvalue weighted by Crippen LogP contribution is -2.47. The van der Waals surface area contributed by atoms with Gasteiger partial charge in [-0.2, -0.15) is 0 Å². The molecule has 0 aliphatic rings. The van der Waals surface area contributed by atoms with E-state index in [1.54, 1.807) is 21.0 Å². The summed E-state index contributed by atoms with van der Waals surface area (Å²) in [5.41, 5.74) is 0. The standard InChI is InChI=1S/C8H16F2N2O/c1-5(7(9)10)11-6(2)8(13)12(3)4/h5-7,11H,1-4H3. The number of hydrogen-bond donors (Lipinski definition) is 1. The number of alkyl halides is 2. The van der Waals surface area contributed by atoms with Crippen LogP contribution in [0.4, 0.5) is 8.78 Å². The molecule has 2 unspecified atom stereocenters. The first kappa shape index (κ1) is 12.3. The largest absolute Gasteiger partial charge is 0.347 e. The summed E-state index contributed by atoms with van der Waals surface area (Å²) < 4.78 is 24.1. The molecule has 3 nitrogen and oxygen atoms in total. The molecule has 0 aromatic carbocycles. The molecule has 0 saturated carbocycles. The van der Waals surface area contributed by atoms with Gasteiger partial charge in [-0.15, -0.1) is 0 Å². The minimum absolute atomic E-state index is 0.201. The second-order valence-electron chi connectivity index (χ2n) is 3.24. The third kappa shape index (κ3) is 4.17. The van der Waals surface area contributed by atoms with Crippen LogP contribution in [-0.2, 0) is 4.79 Å². The smallest absolute Gasteiger partial charge is 0.253 e. The van der Waals surface area contributed by atoms with Crippen molar-refractivity contribution >= 4 is 5.91 Å². The summed E-state index contributed by atoms with van der Waals surface area (Å²) in [7, 11) is 3.18. The number of nitrogens with zero attached hydrogens (tertiary/aromatic N) is 1. The summed E-state index contributed by atoms with van der Waals surface area (Å²) in [4.78, 5) is 12.6. The van der Waals surface area contributed by atoms with E-state index in [4.69, 9.17) is 0 Å². The second-order valence-corrected chi connectivity index (χ2v) is 3.24. The molecular weight excluding hydrogens is 178 g/mol. The van der Waals surface area contributed by atoms with Crippen LogP contribution in [0, 0.1) is 0 Å². The molecule has 13 heavy (non-hydrogen) atoms. The van der Waals surface area contributed by atoms with Crippen LogP contribution in [0.15, 0.2) is 0 Å². The second kappa shape index (κ2) is 5.11. The topological polar surface area (TPSA) is 32.3 Å². The summed E-state index contributed by atoms with van der Waals surface area (Å²) >= 11 is 0. The van der Waals surface area contributed by atoms with Crippen LogP contribution in [0.2, 0.25) is 0 Å². The normalized spacial score (nSPS) is 15.6. The van der Waals surface area contributed by atoms with Gasteiger partial charge in [0.1, 0.15) is 0 Å². The van der Waals surface area contributed by atoms with Crippen molar-refractivity contribution in [2.45, 2.75) is 32.4 Å². The molecule has 0 spiro atoms. The molecule has 0 rings (SSSR count). The minimum atomic E-state index is -2.45. The molecule has 1 amide bonds. The summed E-state index contributed by atoms with van der Waals surface area (Å²) in [6.07, 6.45) is -2.45. The molecular formula is C8H16F2N2O. The third-order valence-corrected chi connectivity index (χ3v) is 1.70. The Kier molecular flexibility index (Phi) is 4.83. The fourth-order valence-electron chi connectivity index (χ4n) is 0.926. The number of halogens is 2. The van der Waals surface area contributed by atoms with Crippen molar-refractivity contribution in [1.82, 2.24) is 10.2 Å². The van der Waals surface area contributed by atoms with Crippen LogP contribution in [0.5, 0.6) is 0 Å². The van der Waals surface area contributed by atoms with Gasteiger partial charge in [0.05, 0.1) is 12.1 Å². The average Bonchev–Trinajstić information content (AvgIpc) is 2.02. The Labute approximate surface area is 77.1 Å². The fourth-order valence-corrected chi connectivity index (χ4v) is 0.926. The molecule has 0 heterocycles. The highest BCUT2D eigenvalue weighted by Crippen LogP contribution is 2.01. The molecule has 0 aromatic heterocycles. The Morgan fingerprint density at radius 1 is 1.31 bits per heavy atom. The van der Waals surface area contributed by atoms with Crippen molar-refractivity contribution in [1.29, 1.82) is 0 Å². The Bertz CT molecular complexity index is 174. The predicted molar refractivity (Wildman–Crippen MR) is 46.8 cm³/mol. The van der Waals surface area contributed by atoms with E-state index in [1.165, 1.54) is 11.8 Å². The van der Waals surface area contributed by atoms with Gasteiger partial charge in [0.15, 0.2) is 0 Å². The van der Waals surface area contributed by atoms with Crippen molar-refractivity contribution in [3.8, 4) is 0 Å². The molecule has 0 aromatic rings. The molecule has 0 aliphatic heterocycles. The van der Waals surface area contributed by atoms with E-state index in [0.29, 0.717) is 0 Å². The monoisotopic (exact) mass is 194 g/mol. The first-order valence-electron chi connectivity index (χ1n) is 4.11. The van der Waals surface area contributed by atoms with Crippen molar-refractivity contribution < 1.29 is 13.6 Å². The first-order chi connectivity index (χ1) is 5.86. The van der Waals surface area contributed by atoms with E-state index in [0.717, 1.165) is 0 Å². The van der Waals surface area contributed by atoms with Gasteiger partial charge in [0.2, 0.25) is 5.91 Å². The molecule has 5 heteroatoms. The summed E-state index contributed by atoms with van der Waals surface area (Å²) in [6, 6.07) is -1.53. The highest BCUT2D eigenvalue weighted by Gasteiger charge is 2.21. The Hall–Kier alpha value is -0.710. The van der Waals surface area contributed by atoms with Crippen molar-refractivity contribution in [2.75, 3.05) is 14.1 Å². The number of nitrogens with one attached hydrogen (secondary N) is 1.